The highest BCUT2D eigenvalue weighted by atomic mass is 127. The molecule has 0 amide bonds. The van der Waals surface area contributed by atoms with E-state index in [0.717, 1.165) is 9.32 Å². The van der Waals surface area contributed by atoms with E-state index >= 15 is 0 Å². The van der Waals surface area contributed by atoms with E-state index in [0.29, 0.717) is 5.88 Å². The largest absolute Gasteiger partial charge is 0.438 e. The predicted molar refractivity (Wildman–Crippen MR) is 82.2 cm³/mol. The lowest BCUT2D eigenvalue weighted by Crippen LogP contribution is -2.12. The molecule has 1 heterocycles. The van der Waals surface area contributed by atoms with Crippen molar-refractivity contribution in [2.24, 2.45) is 0 Å². The summed E-state index contributed by atoms with van der Waals surface area (Å²) in [6, 6.07) is 12.0. The van der Waals surface area contributed by atoms with Crippen LogP contribution in [0.25, 0.3) is 0 Å². The lowest BCUT2D eigenvalue weighted by molar-refractivity contribution is 0.437. The van der Waals surface area contributed by atoms with Crippen molar-refractivity contribution in [3.8, 4) is 11.6 Å². The maximum Gasteiger partial charge on any atom is 0.232 e. The monoisotopic (exact) mass is 353 g/mol. The summed E-state index contributed by atoms with van der Waals surface area (Å²) in [4.78, 5) is 4.27. The Balaban J connectivity index is 2.39. The van der Waals surface area contributed by atoms with E-state index in [1.807, 2.05) is 30.3 Å². The van der Waals surface area contributed by atoms with Crippen LogP contribution in [0.5, 0.6) is 11.6 Å². The molecule has 0 spiro atoms. The third-order valence-corrected chi connectivity index (χ3v) is 3.45. The number of rotatable bonds is 2. The molecule has 0 unspecified atom stereocenters. The number of pyridine rings is 1. The standard InChI is InChI=1S/C15H16INO/c1-15(2,3)11-7-4-5-9-13(11)18-14-12(16)8-6-10-17-14/h4-10H,1-3H3. The molecule has 0 aliphatic heterocycles. The van der Waals surface area contributed by atoms with Crippen LogP contribution >= 0.6 is 22.6 Å². The lowest BCUT2D eigenvalue weighted by atomic mass is 9.86. The quantitative estimate of drug-likeness (QED) is 0.726. The molecule has 1 aromatic carbocycles. The van der Waals surface area contributed by atoms with Crippen molar-refractivity contribution in [3.05, 3.63) is 51.7 Å². The van der Waals surface area contributed by atoms with Gasteiger partial charge in [0.1, 0.15) is 5.75 Å². The Morgan fingerprint density at radius 1 is 1.06 bits per heavy atom. The van der Waals surface area contributed by atoms with Gasteiger partial charge in [0.15, 0.2) is 0 Å². The summed E-state index contributed by atoms with van der Waals surface area (Å²) in [6.07, 6.45) is 1.75. The molecule has 0 atom stereocenters. The van der Waals surface area contributed by atoms with Crippen molar-refractivity contribution >= 4 is 22.6 Å². The summed E-state index contributed by atoms with van der Waals surface area (Å²) in [7, 11) is 0. The molecular weight excluding hydrogens is 337 g/mol. The van der Waals surface area contributed by atoms with E-state index in [2.05, 4.69) is 54.4 Å². The molecule has 0 saturated carbocycles. The van der Waals surface area contributed by atoms with Crippen LogP contribution in [0.3, 0.4) is 0 Å². The van der Waals surface area contributed by atoms with Gasteiger partial charge in [0.05, 0.1) is 3.57 Å². The van der Waals surface area contributed by atoms with Crippen molar-refractivity contribution in [1.29, 1.82) is 0 Å². The Labute approximate surface area is 122 Å². The van der Waals surface area contributed by atoms with Crippen LogP contribution in [0.15, 0.2) is 42.6 Å². The Morgan fingerprint density at radius 3 is 2.44 bits per heavy atom. The topological polar surface area (TPSA) is 22.1 Å². The van der Waals surface area contributed by atoms with Crippen molar-refractivity contribution in [3.63, 3.8) is 0 Å². The number of para-hydroxylation sites is 1. The van der Waals surface area contributed by atoms with Gasteiger partial charge in [-0.3, -0.25) is 0 Å². The van der Waals surface area contributed by atoms with Crippen LogP contribution in [0.2, 0.25) is 0 Å². The van der Waals surface area contributed by atoms with Crippen LogP contribution in [0.1, 0.15) is 26.3 Å². The van der Waals surface area contributed by atoms with Gasteiger partial charge in [-0.05, 0) is 46.2 Å². The number of hydrogen-bond acceptors (Lipinski definition) is 2. The number of hydrogen-bond donors (Lipinski definition) is 0. The molecule has 0 radical (unpaired) electrons. The van der Waals surface area contributed by atoms with Gasteiger partial charge in [-0.25, -0.2) is 4.98 Å². The third kappa shape index (κ3) is 3.02. The van der Waals surface area contributed by atoms with Crippen LogP contribution in [-0.4, -0.2) is 4.98 Å². The summed E-state index contributed by atoms with van der Waals surface area (Å²) < 4.78 is 6.96. The Bertz CT molecular complexity index is 546. The molecule has 1 aromatic heterocycles. The number of aromatic nitrogens is 1. The fourth-order valence-corrected chi connectivity index (χ4v) is 2.18. The fourth-order valence-electron chi connectivity index (χ4n) is 1.73. The van der Waals surface area contributed by atoms with Crippen LogP contribution in [-0.2, 0) is 5.41 Å². The van der Waals surface area contributed by atoms with Gasteiger partial charge in [0.25, 0.3) is 0 Å². The van der Waals surface area contributed by atoms with Crippen LogP contribution in [0.4, 0.5) is 0 Å². The molecule has 2 nitrogen and oxygen atoms in total. The van der Waals surface area contributed by atoms with E-state index in [1.54, 1.807) is 6.20 Å². The van der Waals surface area contributed by atoms with Crippen molar-refractivity contribution in [2.45, 2.75) is 26.2 Å². The smallest absolute Gasteiger partial charge is 0.232 e. The highest BCUT2D eigenvalue weighted by Gasteiger charge is 2.19. The van der Waals surface area contributed by atoms with E-state index in [-0.39, 0.29) is 5.41 Å². The van der Waals surface area contributed by atoms with E-state index < -0.39 is 0 Å². The molecule has 3 heteroatoms. The van der Waals surface area contributed by atoms with E-state index in [1.165, 1.54) is 5.56 Å². The second-order valence-corrected chi connectivity index (χ2v) is 6.30. The molecule has 0 aliphatic carbocycles. The molecule has 0 fully saturated rings. The minimum atomic E-state index is 0.0524. The van der Waals surface area contributed by atoms with Crippen LogP contribution < -0.4 is 4.74 Å². The molecular formula is C15H16INO. The summed E-state index contributed by atoms with van der Waals surface area (Å²) in [5, 5.41) is 0. The molecule has 2 rings (SSSR count). The molecule has 0 bridgehead atoms. The highest BCUT2D eigenvalue weighted by molar-refractivity contribution is 14.1. The Hall–Kier alpha value is -1.10. The lowest BCUT2D eigenvalue weighted by Gasteiger charge is -2.22. The summed E-state index contributed by atoms with van der Waals surface area (Å²) >= 11 is 2.23. The maximum atomic E-state index is 5.95. The molecule has 0 saturated heterocycles. The minimum absolute atomic E-state index is 0.0524. The SMILES string of the molecule is CC(C)(C)c1ccccc1Oc1ncccc1I. The van der Waals surface area contributed by atoms with E-state index in [9.17, 15) is 0 Å². The van der Waals surface area contributed by atoms with Gasteiger partial charge in [-0.1, -0.05) is 39.0 Å². The first-order valence-corrected chi connectivity index (χ1v) is 6.94. The van der Waals surface area contributed by atoms with Gasteiger partial charge >= 0.3 is 0 Å². The van der Waals surface area contributed by atoms with Crippen molar-refractivity contribution in [2.75, 3.05) is 0 Å². The predicted octanol–water partition coefficient (Wildman–Crippen LogP) is 4.78. The first kappa shape index (κ1) is 13.3. The van der Waals surface area contributed by atoms with Gasteiger partial charge in [-0.15, -0.1) is 0 Å². The molecule has 94 valence electrons. The highest BCUT2D eigenvalue weighted by Crippen LogP contribution is 2.34. The number of ether oxygens (including phenoxy) is 1. The molecule has 0 N–H and O–H groups in total. The Morgan fingerprint density at radius 2 is 1.78 bits per heavy atom. The minimum Gasteiger partial charge on any atom is -0.438 e. The zero-order valence-electron chi connectivity index (χ0n) is 10.8. The molecule has 18 heavy (non-hydrogen) atoms. The first-order valence-electron chi connectivity index (χ1n) is 5.86. The zero-order valence-corrected chi connectivity index (χ0v) is 12.9. The van der Waals surface area contributed by atoms with Gasteiger partial charge in [0, 0.05) is 11.8 Å². The zero-order chi connectivity index (χ0) is 13.2. The average Bonchev–Trinajstić information content (AvgIpc) is 2.31. The van der Waals surface area contributed by atoms with Crippen LogP contribution in [0, 0.1) is 3.57 Å². The second kappa shape index (κ2) is 5.26. The van der Waals surface area contributed by atoms with Crippen molar-refractivity contribution in [1.82, 2.24) is 4.98 Å². The number of nitrogens with zero attached hydrogens (tertiary/aromatic N) is 1. The Kier molecular flexibility index (Phi) is 3.90. The summed E-state index contributed by atoms with van der Waals surface area (Å²) in [5.74, 6) is 1.54. The number of benzene rings is 1. The number of halogens is 1. The first-order chi connectivity index (χ1) is 8.48. The van der Waals surface area contributed by atoms with Gasteiger partial charge in [-0.2, -0.15) is 0 Å². The fraction of sp³-hybridized carbons (Fsp3) is 0.267. The maximum absolute atomic E-state index is 5.95. The average molecular weight is 353 g/mol. The van der Waals surface area contributed by atoms with Gasteiger partial charge in [0.2, 0.25) is 5.88 Å². The normalized spacial score (nSPS) is 11.3. The van der Waals surface area contributed by atoms with Gasteiger partial charge < -0.3 is 4.74 Å². The second-order valence-electron chi connectivity index (χ2n) is 5.14. The third-order valence-electron chi connectivity index (χ3n) is 2.63. The summed E-state index contributed by atoms with van der Waals surface area (Å²) in [6.45, 7) is 6.54. The molecule has 0 aliphatic rings. The van der Waals surface area contributed by atoms with Crippen molar-refractivity contribution < 1.29 is 4.74 Å². The summed E-state index contributed by atoms with van der Waals surface area (Å²) in [5.41, 5.74) is 1.24. The molecule has 2 aromatic rings. The van der Waals surface area contributed by atoms with E-state index in [4.69, 9.17) is 4.74 Å².